The highest BCUT2D eigenvalue weighted by molar-refractivity contribution is 5.93. The minimum Gasteiger partial charge on any atom is -0.322 e. The van der Waals surface area contributed by atoms with Crippen molar-refractivity contribution in [2.24, 2.45) is 0 Å². The van der Waals surface area contributed by atoms with Crippen LogP contribution in [0.2, 0.25) is 0 Å². The number of pyridine rings is 1. The Morgan fingerprint density at radius 2 is 1.84 bits per heavy atom. The molecule has 1 N–H and O–H groups in total. The van der Waals surface area contributed by atoms with E-state index in [-0.39, 0.29) is 11.5 Å². The Morgan fingerprint density at radius 3 is 2.42 bits per heavy atom. The van der Waals surface area contributed by atoms with Crippen molar-refractivity contribution in [1.29, 1.82) is 0 Å². The first kappa shape index (κ1) is 13.0. The summed E-state index contributed by atoms with van der Waals surface area (Å²) in [5.41, 5.74) is 1.92. The Morgan fingerprint density at radius 1 is 1.16 bits per heavy atom. The fourth-order valence-corrected chi connectivity index (χ4v) is 1.67. The van der Waals surface area contributed by atoms with Crippen LogP contribution in [0, 0.1) is 0 Å². The average molecular weight is 258 g/mol. The van der Waals surface area contributed by atoms with E-state index < -0.39 is 0 Å². The zero-order chi connectivity index (χ0) is 13.8. The molecule has 2 aromatic rings. The first-order chi connectivity index (χ1) is 9.11. The van der Waals surface area contributed by atoms with E-state index in [0.29, 0.717) is 11.3 Å². The lowest BCUT2D eigenvalue weighted by molar-refractivity contribution is -0.0756. The second kappa shape index (κ2) is 5.49. The van der Waals surface area contributed by atoms with Crippen LogP contribution in [0.15, 0.2) is 47.3 Å². The van der Waals surface area contributed by atoms with E-state index in [9.17, 15) is 9.59 Å². The van der Waals surface area contributed by atoms with Crippen LogP contribution in [0.5, 0.6) is 0 Å². The van der Waals surface area contributed by atoms with Crippen LogP contribution in [0.3, 0.4) is 0 Å². The summed E-state index contributed by atoms with van der Waals surface area (Å²) in [6.07, 6.45) is 0. The number of hydrogen-bond acceptors (Lipinski definition) is 3. The number of amides is 1. The third-order valence-corrected chi connectivity index (χ3v) is 2.77. The molecular weight excluding hydrogens is 244 g/mol. The number of hydrogen-bond donors (Lipinski definition) is 1. The largest absolute Gasteiger partial charge is 0.322 e. The third kappa shape index (κ3) is 2.89. The van der Waals surface area contributed by atoms with Gasteiger partial charge in [-0.15, -0.1) is 0 Å². The SMILES string of the molecule is CON(C)C(=O)c1ccc(-c2cccc(=O)[nH]2)cc1. The van der Waals surface area contributed by atoms with Gasteiger partial charge in [0, 0.05) is 24.4 Å². The number of aromatic amines is 1. The number of aromatic nitrogens is 1. The van der Waals surface area contributed by atoms with Crippen LogP contribution < -0.4 is 5.56 Å². The van der Waals surface area contributed by atoms with Crippen LogP contribution in [0.4, 0.5) is 0 Å². The fourth-order valence-electron chi connectivity index (χ4n) is 1.67. The molecule has 0 saturated carbocycles. The summed E-state index contributed by atoms with van der Waals surface area (Å²) < 4.78 is 0. The highest BCUT2D eigenvalue weighted by atomic mass is 16.7. The van der Waals surface area contributed by atoms with Crippen molar-refractivity contribution in [1.82, 2.24) is 10.0 Å². The van der Waals surface area contributed by atoms with Crippen LogP contribution in [-0.4, -0.2) is 30.1 Å². The Kier molecular flexibility index (Phi) is 3.77. The van der Waals surface area contributed by atoms with Gasteiger partial charge in [0.25, 0.3) is 5.91 Å². The summed E-state index contributed by atoms with van der Waals surface area (Å²) in [6, 6.07) is 11.9. The lowest BCUT2D eigenvalue weighted by Gasteiger charge is -2.13. The topological polar surface area (TPSA) is 62.4 Å². The van der Waals surface area contributed by atoms with Crippen molar-refractivity contribution in [3.63, 3.8) is 0 Å². The van der Waals surface area contributed by atoms with Gasteiger partial charge in [0.15, 0.2) is 0 Å². The second-order valence-electron chi connectivity index (χ2n) is 3.99. The van der Waals surface area contributed by atoms with Gasteiger partial charge >= 0.3 is 0 Å². The summed E-state index contributed by atoms with van der Waals surface area (Å²) in [4.78, 5) is 30.6. The summed E-state index contributed by atoms with van der Waals surface area (Å²) >= 11 is 0. The maximum atomic E-state index is 11.8. The van der Waals surface area contributed by atoms with Crippen molar-refractivity contribution in [2.45, 2.75) is 0 Å². The quantitative estimate of drug-likeness (QED) is 0.852. The number of hydroxylamine groups is 2. The van der Waals surface area contributed by atoms with E-state index in [2.05, 4.69) is 4.98 Å². The predicted molar refractivity (Wildman–Crippen MR) is 71.6 cm³/mol. The molecule has 98 valence electrons. The van der Waals surface area contributed by atoms with Crippen molar-refractivity contribution in [2.75, 3.05) is 14.2 Å². The van der Waals surface area contributed by atoms with Gasteiger partial charge in [0.2, 0.25) is 5.56 Å². The minimum atomic E-state index is -0.226. The molecule has 0 radical (unpaired) electrons. The molecule has 1 heterocycles. The van der Waals surface area contributed by atoms with E-state index in [1.54, 1.807) is 43.4 Å². The smallest absolute Gasteiger partial charge is 0.277 e. The Bertz CT molecular complexity index is 632. The zero-order valence-corrected chi connectivity index (χ0v) is 10.7. The van der Waals surface area contributed by atoms with Crippen molar-refractivity contribution >= 4 is 5.91 Å². The normalized spacial score (nSPS) is 10.2. The molecule has 1 aromatic carbocycles. The third-order valence-electron chi connectivity index (χ3n) is 2.77. The van der Waals surface area contributed by atoms with Crippen LogP contribution in [0.1, 0.15) is 10.4 Å². The summed E-state index contributed by atoms with van der Waals surface area (Å²) in [5, 5.41) is 1.15. The summed E-state index contributed by atoms with van der Waals surface area (Å²) in [5.74, 6) is -0.226. The highest BCUT2D eigenvalue weighted by Crippen LogP contribution is 2.16. The molecule has 0 spiro atoms. The molecule has 0 fully saturated rings. The molecule has 1 amide bonds. The summed E-state index contributed by atoms with van der Waals surface area (Å²) in [6.45, 7) is 0. The van der Waals surface area contributed by atoms with E-state index in [0.717, 1.165) is 10.6 Å². The van der Waals surface area contributed by atoms with Crippen LogP contribution >= 0.6 is 0 Å². The lowest BCUT2D eigenvalue weighted by atomic mass is 10.1. The Hall–Kier alpha value is -2.40. The van der Waals surface area contributed by atoms with E-state index in [1.165, 1.54) is 13.2 Å². The van der Waals surface area contributed by atoms with Gasteiger partial charge < -0.3 is 4.98 Å². The van der Waals surface area contributed by atoms with Gasteiger partial charge in [-0.2, -0.15) is 0 Å². The average Bonchev–Trinajstić information content (AvgIpc) is 2.46. The molecular formula is C14H14N2O3. The molecule has 0 atom stereocenters. The standard InChI is InChI=1S/C14H14N2O3/c1-16(19-2)14(18)11-8-6-10(7-9-11)12-4-3-5-13(17)15-12/h3-9H,1-2H3,(H,15,17). The maximum absolute atomic E-state index is 11.8. The van der Waals surface area contributed by atoms with Gasteiger partial charge in [-0.25, -0.2) is 5.06 Å². The first-order valence-corrected chi connectivity index (χ1v) is 5.74. The van der Waals surface area contributed by atoms with Crippen LogP contribution in [0.25, 0.3) is 11.3 Å². The molecule has 1 aromatic heterocycles. The van der Waals surface area contributed by atoms with Gasteiger partial charge in [0.05, 0.1) is 7.11 Å². The van der Waals surface area contributed by atoms with E-state index in [4.69, 9.17) is 4.84 Å². The Labute approximate surface area is 110 Å². The molecule has 0 saturated heterocycles. The molecule has 0 unspecified atom stereocenters. The minimum absolute atomic E-state index is 0.156. The number of nitrogens with zero attached hydrogens (tertiary/aromatic N) is 1. The zero-order valence-electron chi connectivity index (χ0n) is 10.7. The predicted octanol–water partition coefficient (Wildman–Crippen LogP) is 1.68. The molecule has 19 heavy (non-hydrogen) atoms. The maximum Gasteiger partial charge on any atom is 0.277 e. The van der Waals surface area contributed by atoms with Crippen molar-refractivity contribution < 1.29 is 9.63 Å². The van der Waals surface area contributed by atoms with Crippen molar-refractivity contribution in [3.8, 4) is 11.3 Å². The van der Waals surface area contributed by atoms with Crippen molar-refractivity contribution in [3.05, 3.63) is 58.4 Å². The summed E-state index contributed by atoms with van der Waals surface area (Å²) in [7, 11) is 2.98. The van der Waals surface area contributed by atoms with E-state index >= 15 is 0 Å². The second-order valence-corrected chi connectivity index (χ2v) is 3.99. The molecule has 0 bridgehead atoms. The van der Waals surface area contributed by atoms with E-state index in [1.807, 2.05) is 0 Å². The Balaban J connectivity index is 2.28. The highest BCUT2D eigenvalue weighted by Gasteiger charge is 2.10. The lowest BCUT2D eigenvalue weighted by Crippen LogP contribution is -2.25. The van der Waals surface area contributed by atoms with Gasteiger partial charge in [-0.1, -0.05) is 18.2 Å². The molecule has 0 aliphatic heterocycles. The molecule has 0 aliphatic carbocycles. The molecule has 2 rings (SSSR count). The number of carbonyl (C=O) groups is 1. The molecule has 5 nitrogen and oxygen atoms in total. The number of carbonyl (C=O) groups excluding carboxylic acids is 1. The van der Waals surface area contributed by atoms with Gasteiger partial charge in [-0.3, -0.25) is 14.4 Å². The fraction of sp³-hybridized carbons (Fsp3) is 0.143. The van der Waals surface area contributed by atoms with Gasteiger partial charge in [-0.05, 0) is 23.8 Å². The number of benzene rings is 1. The van der Waals surface area contributed by atoms with Crippen LogP contribution in [-0.2, 0) is 4.84 Å². The monoisotopic (exact) mass is 258 g/mol. The molecule has 0 aliphatic rings. The van der Waals surface area contributed by atoms with Gasteiger partial charge in [0.1, 0.15) is 0 Å². The number of nitrogens with one attached hydrogen (secondary N) is 1. The molecule has 5 heteroatoms. The first-order valence-electron chi connectivity index (χ1n) is 5.74. The number of H-pyrrole nitrogens is 1. The number of rotatable bonds is 3.